The monoisotopic (exact) mass is 181 g/mol. The zero-order valence-electron chi connectivity index (χ0n) is 8.29. The van der Waals surface area contributed by atoms with Gasteiger partial charge >= 0.3 is 0 Å². The molecule has 3 heteroatoms. The first kappa shape index (κ1) is 11.7. The Morgan fingerprint density at radius 1 is 1.54 bits per heavy atom. The lowest BCUT2D eigenvalue weighted by Gasteiger charge is -2.27. The Kier molecular flexibility index (Phi) is 4.19. The number of rotatable bonds is 0. The van der Waals surface area contributed by atoms with Gasteiger partial charge < -0.3 is 5.11 Å². The normalized spacial score (nSPS) is 19.2. The molecular formula is C10H15NO2. The predicted octanol–water partition coefficient (Wildman–Crippen LogP) is 2.16. The van der Waals surface area contributed by atoms with Crippen molar-refractivity contribution in [3.05, 3.63) is 11.6 Å². The zero-order valence-corrected chi connectivity index (χ0v) is 8.29. The van der Waals surface area contributed by atoms with Crippen LogP contribution in [0.3, 0.4) is 0 Å². The number of allylic oxidation sites excluding steroid dienone is 2. The molecule has 72 valence electrons. The number of ketones is 1. The summed E-state index contributed by atoms with van der Waals surface area (Å²) in [5.41, 5.74) is 1.43. The summed E-state index contributed by atoms with van der Waals surface area (Å²) in [5, 5.41) is 13.8. The fourth-order valence-electron chi connectivity index (χ4n) is 1.67. The Morgan fingerprint density at radius 3 is 2.31 bits per heavy atom. The van der Waals surface area contributed by atoms with E-state index in [1.54, 1.807) is 6.08 Å². The van der Waals surface area contributed by atoms with Crippen molar-refractivity contribution in [1.82, 2.24) is 0 Å². The van der Waals surface area contributed by atoms with Crippen LogP contribution >= 0.6 is 0 Å². The third-order valence-electron chi connectivity index (χ3n) is 1.82. The van der Waals surface area contributed by atoms with Crippen LogP contribution in [0.2, 0.25) is 0 Å². The van der Waals surface area contributed by atoms with Crippen molar-refractivity contribution in [3.63, 3.8) is 0 Å². The van der Waals surface area contributed by atoms with Crippen molar-refractivity contribution in [1.29, 1.82) is 5.26 Å². The summed E-state index contributed by atoms with van der Waals surface area (Å²) < 4.78 is 0. The van der Waals surface area contributed by atoms with Crippen LogP contribution in [0.5, 0.6) is 0 Å². The Morgan fingerprint density at radius 2 is 2.00 bits per heavy atom. The first-order valence-corrected chi connectivity index (χ1v) is 4.14. The molecule has 0 aromatic carbocycles. The number of aliphatic hydroxyl groups excluding tert-OH is 1. The van der Waals surface area contributed by atoms with E-state index in [1.165, 1.54) is 5.57 Å². The highest BCUT2D eigenvalue weighted by atomic mass is 16.2. The van der Waals surface area contributed by atoms with E-state index < -0.39 is 0 Å². The molecule has 1 aliphatic rings. The number of nitriles is 1. The van der Waals surface area contributed by atoms with E-state index in [0.717, 1.165) is 12.7 Å². The maximum atomic E-state index is 11.0. The van der Waals surface area contributed by atoms with Crippen LogP contribution in [-0.2, 0) is 4.79 Å². The summed E-state index contributed by atoms with van der Waals surface area (Å²) in [6.07, 6.45) is 4.30. The van der Waals surface area contributed by atoms with Gasteiger partial charge in [-0.2, -0.15) is 5.26 Å². The van der Waals surface area contributed by atoms with Gasteiger partial charge in [0.05, 0.1) is 0 Å². The minimum absolute atomic E-state index is 0.204. The molecule has 1 aliphatic carbocycles. The molecule has 0 aliphatic heterocycles. The third-order valence-corrected chi connectivity index (χ3v) is 1.82. The van der Waals surface area contributed by atoms with Gasteiger partial charge in [0.25, 0.3) is 6.26 Å². The number of nitrogens with zero attached hydrogens (tertiary/aromatic N) is 1. The number of carbonyl (C=O) groups excluding carboxylic acids is 1. The fraction of sp³-hybridized carbons (Fsp3) is 0.600. The molecule has 0 unspecified atom stereocenters. The Balaban J connectivity index is 0.000000424. The van der Waals surface area contributed by atoms with Gasteiger partial charge in [0.1, 0.15) is 0 Å². The largest absolute Gasteiger partial charge is 0.443 e. The van der Waals surface area contributed by atoms with Gasteiger partial charge in [-0.1, -0.05) is 19.4 Å². The second-order valence-corrected chi connectivity index (χ2v) is 4.07. The van der Waals surface area contributed by atoms with Crippen LogP contribution in [-0.4, -0.2) is 10.9 Å². The van der Waals surface area contributed by atoms with Crippen molar-refractivity contribution in [2.24, 2.45) is 5.41 Å². The second kappa shape index (κ2) is 4.66. The van der Waals surface area contributed by atoms with E-state index in [4.69, 9.17) is 10.4 Å². The van der Waals surface area contributed by atoms with Crippen molar-refractivity contribution < 1.29 is 9.90 Å². The highest BCUT2D eigenvalue weighted by molar-refractivity contribution is 5.91. The lowest BCUT2D eigenvalue weighted by molar-refractivity contribution is -0.117. The van der Waals surface area contributed by atoms with E-state index in [9.17, 15) is 4.79 Å². The number of hydrogen-bond acceptors (Lipinski definition) is 3. The molecule has 0 spiro atoms. The van der Waals surface area contributed by atoms with Crippen LogP contribution in [0.1, 0.15) is 33.6 Å². The van der Waals surface area contributed by atoms with E-state index in [-0.39, 0.29) is 11.2 Å². The maximum absolute atomic E-state index is 11.0. The highest BCUT2D eigenvalue weighted by Crippen LogP contribution is 2.32. The van der Waals surface area contributed by atoms with Crippen LogP contribution in [0, 0.1) is 16.9 Å². The average molecular weight is 181 g/mol. The third kappa shape index (κ3) is 5.02. The molecule has 0 fully saturated rings. The van der Waals surface area contributed by atoms with Crippen molar-refractivity contribution in [2.75, 3.05) is 0 Å². The van der Waals surface area contributed by atoms with Gasteiger partial charge in [0, 0.05) is 6.42 Å². The minimum Gasteiger partial charge on any atom is -0.443 e. The summed E-state index contributed by atoms with van der Waals surface area (Å²) in [6, 6.07) is 0. The standard InChI is InChI=1S/C9H14O.CHNO/c1-7-4-8(10)6-9(2,3)5-7;2-1-3/h4H,5-6H2,1-3H3;3H. The molecule has 0 bridgehead atoms. The quantitative estimate of drug-likeness (QED) is 0.582. The Labute approximate surface area is 78.7 Å². The van der Waals surface area contributed by atoms with Gasteiger partial charge in [-0.15, -0.1) is 0 Å². The van der Waals surface area contributed by atoms with Gasteiger partial charge in [0.15, 0.2) is 5.78 Å². The molecule has 0 saturated heterocycles. The summed E-state index contributed by atoms with van der Waals surface area (Å²) in [7, 11) is 0. The van der Waals surface area contributed by atoms with Crippen molar-refractivity contribution >= 4 is 5.78 Å². The van der Waals surface area contributed by atoms with Gasteiger partial charge in [-0.05, 0) is 24.8 Å². The number of aliphatic hydroxyl groups is 1. The molecule has 1 rings (SSSR count). The number of hydrogen-bond donors (Lipinski definition) is 1. The molecular weight excluding hydrogens is 166 g/mol. The topological polar surface area (TPSA) is 61.1 Å². The van der Waals surface area contributed by atoms with E-state index in [0.29, 0.717) is 6.42 Å². The molecule has 0 aromatic rings. The molecule has 1 N–H and O–H groups in total. The fourth-order valence-corrected chi connectivity index (χ4v) is 1.67. The summed E-state index contributed by atoms with van der Waals surface area (Å²) in [6.45, 7) is 6.31. The van der Waals surface area contributed by atoms with Crippen LogP contribution in [0.15, 0.2) is 11.6 Å². The first-order chi connectivity index (χ1) is 5.91. The Bertz CT molecular complexity index is 259. The second-order valence-electron chi connectivity index (χ2n) is 4.07. The molecule has 0 heterocycles. The minimum atomic E-state index is 0.204. The summed E-state index contributed by atoms with van der Waals surface area (Å²) in [5.74, 6) is 0.286. The molecule has 0 radical (unpaired) electrons. The molecule has 0 amide bonds. The van der Waals surface area contributed by atoms with Gasteiger partial charge in [-0.25, -0.2) is 0 Å². The van der Waals surface area contributed by atoms with Gasteiger partial charge in [-0.3, -0.25) is 4.79 Å². The van der Waals surface area contributed by atoms with E-state index in [2.05, 4.69) is 13.8 Å². The summed E-state index contributed by atoms with van der Waals surface area (Å²) in [4.78, 5) is 11.0. The maximum Gasteiger partial charge on any atom is 0.283 e. The van der Waals surface area contributed by atoms with Crippen LogP contribution in [0.25, 0.3) is 0 Å². The SMILES string of the molecule is CC1=CC(=O)CC(C)(C)C1.N#CO. The smallest absolute Gasteiger partial charge is 0.283 e. The van der Waals surface area contributed by atoms with Crippen molar-refractivity contribution in [3.8, 4) is 6.26 Å². The Hall–Kier alpha value is -1.30. The molecule has 13 heavy (non-hydrogen) atoms. The lowest BCUT2D eigenvalue weighted by atomic mass is 9.77. The molecule has 0 saturated carbocycles. The number of carbonyl (C=O) groups is 1. The first-order valence-electron chi connectivity index (χ1n) is 4.14. The van der Waals surface area contributed by atoms with E-state index in [1.807, 2.05) is 6.92 Å². The highest BCUT2D eigenvalue weighted by Gasteiger charge is 2.25. The predicted molar refractivity (Wildman–Crippen MR) is 49.3 cm³/mol. The average Bonchev–Trinajstić information content (AvgIpc) is 1.81. The van der Waals surface area contributed by atoms with E-state index >= 15 is 0 Å². The summed E-state index contributed by atoms with van der Waals surface area (Å²) >= 11 is 0. The zero-order chi connectivity index (χ0) is 10.5. The van der Waals surface area contributed by atoms with Gasteiger partial charge in [0.2, 0.25) is 0 Å². The van der Waals surface area contributed by atoms with Crippen molar-refractivity contribution in [2.45, 2.75) is 33.6 Å². The lowest BCUT2D eigenvalue weighted by Crippen LogP contribution is -2.20. The molecule has 0 atom stereocenters. The molecule has 0 aromatic heterocycles. The molecule has 3 nitrogen and oxygen atoms in total. The van der Waals surface area contributed by atoms with Crippen LogP contribution < -0.4 is 0 Å². The van der Waals surface area contributed by atoms with Crippen LogP contribution in [0.4, 0.5) is 0 Å².